The van der Waals surface area contributed by atoms with E-state index in [9.17, 15) is 9.59 Å². The number of nitrogens with zero attached hydrogens (tertiary/aromatic N) is 3. The lowest BCUT2D eigenvalue weighted by Crippen LogP contribution is -2.24. The molecule has 2 amide bonds. The molecule has 0 bridgehead atoms. The lowest BCUT2D eigenvalue weighted by atomic mass is 10.2. The number of hydrogen-bond acceptors (Lipinski definition) is 7. The van der Waals surface area contributed by atoms with Crippen LogP contribution >= 0.6 is 11.8 Å². The van der Waals surface area contributed by atoms with Gasteiger partial charge in [0.15, 0.2) is 11.0 Å². The summed E-state index contributed by atoms with van der Waals surface area (Å²) in [7, 11) is 3.16. The van der Waals surface area contributed by atoms with Crippen molar-refractivity contribution in [2.24, 2.45) is 0 Å². The van der Waals surface area contributed by atoms with E-state index in [2.05, 4.69) is 20.8 Å². The fourth-order valence-electron chi connectivity index (χ4n) is 2.88. The number of nitrogens with one attached hydrogen (secondary N) is 2. The van der Waals surface area contributed by atoms with Crippen LogP contribution in [0.25, 0.3) is 0 Å². The molecule has 2 aromatic carbocycles. The van der Waals surface area contributed by atoms with Gasteiger partial charge in [0.2, 0.25) is 5.91 Å². The predicted octanol–water partition coefficient (Wildman–Crippen LogP) is 2.98. The van der Waals surface area contributed by atoms with Gasteiger partial charge in [-0.3, -0.25) is 9.59 Å². The molecule has 0 atom stereocenters. The summed E-state index contributed by atoms with van der Waals surface area (Å²) in [6.45, 7) is 2.80. The van der Waals surface area contributed by atoms with Crippen LogP contribution < -0.4 is 20.1 Å². The molecular weight excluding hydrogens is 430 g/mol. The van der Waals surface area contributed by atoms with Crippen LogP contribution in [0.5, 0.6) is 11.5 Å². The predicted molar refractivity (Wildman–Crippen MR) is 122 cm³/mol. The Hall–Kier alpha value is -3.53. The summed E-state index contributed by atoms with van der Waals surface area (Å²) >= 11 is 1.29. The van der Waals surface area contributed by atoms with Crippen molar-refractivity contribution < 1.29 is 19.1 Å². The van der Waals surface area contributed by atoms with Crippen LogP contribution in [0.2, 0.25) is 0 Å². The fourth-order valence-corrected chi connectivity index (χ4v) is 3.70. The van der Waals surface area contributed by atoms with Gasteiger partial charge in [0.1, 0.15) is 11.5 Å². The second kappa shape index (κ2) is 11.2. The Kier molecular flexibility index (Phi) is 8.09. The van der Waals surface area contributed by atoms with Crippen molar-refractivity contribution in [1.29, 1.82) is 0 Å². The third-order valence-electron chi connectivity index (χ3n) is 4.58. The van der Waals surface area contributed by atoms with Crippen LogP contribution in [0.4, 0.5) is 5.69 Å². The summed E-state index contributed by atoms with van der Waals surface area (Å²) in [6.07, 6.45) is 0. The van der Waals surface area contributed by atoms with E-state index < -0.39 is 0 Å². The number of carbonyl (C=O) groups is 2. The number of anilines is 1. The quantitative estimate of drug-likeness (QED) is 0.453. The van der Waals surface area contributed by atoms with Crippen LogP contribution in [0, 0.1) is 0 Å². The van der Waals surface area contributed by atoms with E-state index in [-0.39, 0.29) is 24.1 Å². The van der Waals surface area contributed by atoms with Crippen LogP contribution in [-0.2, 0) is 17.9 Å². The second-order valence-corrected chi connectivity index (χ2v) is 7.56. The highest BCUT2D eigenvalue weighted by atomic mass is 32.2. The number of methoxy groups -OCH3 is 2. The Labute approximate surface area is 190 Å². The first-order valence-corrected chi connectivity index (χ1v) is 10.9. The number of thioether (sulfide) groups is 1. The van der Waals surface area contributed by atoms with Crippen molar-refractivity contribution in [2.45, 2.75) is 25.2 Å². The first-order chi connectivity index (χ1) is 15.5. The Bertz CT molecular complexity index is 1050. The Morgan fingerprint density at radius 2 is 1.59 bits per heavy atom. The number of aromatic nitrogens is 3. The van der Waals surface area contributed by atoms with Gasteiger partial charge in [-0.15, -0.1) is 10.2 Å². The van der Waals surface area contributed by atoms with E-state index in [0.717, 1.165) is 5.75 Å². The molecule has 0 aliphatic rings. The van der Waals surface area contributed by atoms with Gasteiger partial charge in [0.05, 0.1) is 26.5 Å². The van der Waals surface area contributed by atoms with Crippen molar-refractivity contribution in [1.82, 2.24) is 20.1 Å². The molecule has 1 aromatic heterocycles. The highest BCUT2D eigenvalue weighted by Crippen LogP contribution is 2.19. The molecule has 2 N–H and O–H groups in total. The van der Waals surface area contributed by atoms with Crippen LogP contribution in [0.15, 0.2) is 53.7 Å². The smallest absolute Gasteiger partial charge is 0.251 e. The summed E-state index contributed by atoms with van der Waals surface area (Å²) in [6, 6.07) is 14.0. The minimum absolute atomic E-state index is 0.153. The minimum Gasteiger partial charge on any atom is -0.497 e. The van der Waals surface area contributed by atoms with Gasteiger partial charge in [-0.25, -0.2) is 0 Å². The topological polar surface area (TPSA) is 107 Å². The minimum atomic E-state index is -0.216. The fraction of sp³-hybridized carbons (Fsp3) is 0.273. The number of benzene rings is 2. The Morgan fingerprint density at radius 1 is 0.969 bits per heavy atom. The largest absolute Gasteiger partial charge is 0.497 e. The first-order valence-electron chi connectivity index (χ1n) is 9.95. The van der Waals surface area contributed by atoms with Gasteiger partial charge in [0.25, 0.3) is 5.91 Å². The third-order valence-corrected chi connectivity index (χ3v) is 5.54. The van der Waals surface area contributed by atoms with Crippen molar-refractivity contribution in [3.05, 3.63) is 59.9 Å². The molecule has 0 aliphatic carbocycles. The lowest BCUT2D eigenvalue weighted by Gasteiger charge is -2.09. The van der Waals surface area contributed by atoms with E-state index in [0.29, 0.717) is 34.5 Å². The molecule has 1 heterocycles. The van der Waals surface area contributed by atoms with Crippen molar-refractivity contribution >= 4 is 29.3 Å². The third kappa shape index (κ3) is 6.01. The molecule has 0 saturated carbocycles. The summed E-state index contributed by atoms with van der Waals surface area (Å²) < 4.78 is 12.1. The van der Waals surface area contributed by atoms with Crippen molar-refractivity contribution in [2.75, 3.05) is 25.3 Å². The molecule has 0 unspecified atom stereocenters. The molecule has 32 heavy (non-hydrogen) atoms. The van der Waals surface area contributed by atoms with Crippen LogP contribution in [-0.4, -0.2) is 46.6 Å². The average Bonchev–Trinajstić information content (AvgIpc) is 3.23. The van der Waals surface area contributed by atoms with Gasteiger partial charge in [-0.05, 0) is 55.5 Å². The molecule has 9 nitrogen and oxygen atoms in total. The van der Waals surface area contributed by atoms with E-state index >= 15 is 0 Å². The molecule has 0 saturated heterocycles. The first kappa shape index (κ1) is 23.1. The molecular formula is C22H25N5O4S. The van der Waals surface area contributed by atoms with E-state index in [4.69, 9.17) is 9.47 Å². The normalized spacial score (nSPS) is 10.5. The van der Waals surface area contributed by atoms with Gasteiger partial charge in [-0.1, -0.05) is 11.8 Å². The standard InChI is InChI=1S/C22H25N5O4S/c1-4-27-19(13-23-21(29)15-5-9-17(30-2)10-6-15)25-26-22(27)32-14-20(28)24-16-7-11-18(31-3)12-8-16/h5-12H,4,13-14H2,1-3H3,(H,23,29)(H,24,28). The Morgan fingerprint density at radius 3 is 2.19 bits per heavy atom. The summed E-state index contributed by atoms with van der Waals surface area (Å²) in [4.78, 5) is 24.7. The number of hydrogen-bond donors (Lipinski definition) is 2. The molecule has 3 aromatic rings. The number of rotatable bonds is 10. The summed E-state index contributed by atoms with van der Waals surface area (Å²) in [5.41, 5.74) is 1.22. The highest BCUT2D eigenvalue weighted by molar-refractivity contribution is 7.99. The van der Waals surface area contributed by atoms with Crippen LogP contribution in [0.1, 0.15) is 23.1 Å². The molecule has 168 valence electrons. The zero-order valence-electron chi connectivity index (χ0n) is 18.1. The Balaban J connectivity index is 1.54. The van der Waals surface area contributed by atoms with Crippen molar-refractivity contribution in [3.63, 3.8) is 0 Å². The van der Waals surface area contributed by atoms with Gasteiger partial charge in [-0.2, -0.15) is 0 Å². The molecule has 0 fully saturated rings. The molecule has 3 rings (SSSR count). The number of ether oxygens (including phenoxy) is 2. The maximum absolute atomic E-state index is 12.4. The van der Waals surface area contributed by atoms with Gasteiger partial charge >= 0.3 is 0 Å². The van der Waals surface area contributed by atoms with E-state index in [1.807, 2.05) is 11.5 Å². The second-order valence-electron chi connectivity index (χ2n) is 6.62. The van der Waals surface area contributed by atoms with E-state index in [1.165, 1.54) is 11.8 Å². The van der Waals surface area contributed by atoms with Crippen molar-refractivity contribution in [3.8, 4) is 11.5 Å². The molecule has 0 spiro atoms. The molecule has 0 aliphatic heterocycles. The number of amides is 2. The number of carbonyl (C=O) groups excluding carboxylic acids is 2. The molecule has 10 heteroatoms. The van der Waals surface area contributed by atoms with Gasteiger partial charge < -0.3 is 24.7 Å². The maximum Gasteiger partial charge on any atom is 0.251 e. The SMILES string of the molecule is CCn1c(CNC(=O)c2ccc(OC)cc2)nnc1SCC(=O)Nc1ccc(OC)cc1. The average molecular weight is 456 g/mol. The van der Waals surface area contributed by atoms with Gasteiger partial charge in [0, 0.05) is 17.8 Å². The monoisotopic (exact) mass is 455 g/mol. The van der Waals surface area contributed by atoms with Crippen LogP contribution in [0.3, 0.4) is 0 Å². The maximum atomic E-state index is 12.4. The summed E-state index contributed by atoms with van der Waals surface area (Å²) in [5.74, 6) is 1.84. The molecule has 0 radical (unpaired) electrons. The van der Waals surface area contributed by atoms with E-state index in [1.54, 1.807) is 62.8 Å². The lowest BCUT2D eigenvalue weighted by molar-refractivity contribution is -0.113. The zero-order chi connectivity index (χ0) is 22.9. The zero-order valence-corrected chi connectivity index (χ0v) is 18.9. The highest BCUT2D eigenvalue weighted by Gasteiger charge is 2.15. The summed E-state index contributed by atoms with van der Waals surface area (Å²) in [5, 5.41) is 14.6.